The Morgan fingerprint density at radius 3 is 2.62 bits per heavy atom. The number of nitrogens with one attached hydrogen (secondary N) is 1. The zero-order valence-electron chi connectivity index (χ0n) is 12.4. The molecule has 2 rings (SSSR count). The van der Waals surface area contributed by atoms with Crippen LogP contribution in [0.1, 0.15) is 16.8 Å². The van der Waals surface area contributed by atoms with E-state index in [4.69, 9.17) is 5.73 Å². The summed E-state index contributed by atoms with van der Waals surface area (Å²) in [7, 11) is -1.73. The highest BCUT2D eigenvalue weighted by atomic mass is 32.2. The van der Waals surface area contributed by atoms with Crippen LogP contribution in [0.15, 0.2) is 29.3 Å². The van der Waals surface area contributed by atoms with Gasteiger partial charge in [-0.25, -0.2) is 13.1 Å². The maximum absolute atomic E-state index is 12.3. The Morgan fingerprint density at radius 1 is 1.33 bits per heavy atom. The Balaban J connectivity index is 2.08. The molecule has 0 amide bonds. The lowest BCUT2D eigenvalue weighted by atomic mass is 10.1. The van der Waals surface area contributed by atoms with Gasteiger partial charge in [-0.2, -0.15) is 5.10 Å². The summed E-state index contributed by atoms with van der Waals surface area (Å²) in [5, 5.41) is 4.20. The minimum atomic E-state index is -3.55. The van der Waals surface area contributed by atoms with Crippen molar-refractivity contribution in [3.05, 3.63) is 41.2 Å². The van der Waals surface area contributed by atoms with Crippen LogP contribution in [0.3, 0.4) is 0 Å². The van der Waals surface area contributed by atoms with Gasteiger partial charge in [-0.1, -0.05) is 0 Å². The number of benzene rings is 1. The standard InChI is InChI=1S/C14H20N4O2S/c1-10-8-13(9-14(15)11(10)2)21(19,20)16-6-4-12-5-7-18(3)17-12/h5,7-9,16H,4,6,15H2,1-3H3. The van der Waals surface area contributed by atoms with E-state index in [1.165, 1.54) is 6.07 Å². The molecule has 6 nitrogen and oxygen atoms in total. The summed E-state index contributed by atoms with van der Waals surface area (Å²) in [6.45, 7) is 4.01. The third kappa shape index (κ3) is 3.62. The molecule has 0 aliphatic rings. The molecule has 7 heteroatoms. The molecule has 114 valence electrons. The van der Waals surface area contributed by atoms with Crippen LogP contribution >= 0.6 is 0 Å². The number of hydrogen-bond donors (Lipinski definition) is 2. The van der Waals surface area contributed by atoms with E-state index in [0.29, 0.717) is 18.7 Å². The highest BCUT2D eigenvalue weighted by molar-refractivity contribution is 7.89. The van der Waals surface area contributed by atoms with Crippen molar-refractivity contribution in [1.82, 2.24) is 14.5 Å². The first-order valence-electron chi connectivity index (χ1n) is 6.64. The third-order valence-corrected chi connectivity index (χ3v) is 4.87. The summed E-state index contributed by atoms with van der Waals surface area (Å²) in [5.41, 5.74) is 8.94. The molecule has 0 spiro atoms. The van der Waals surface area contributed by atoms with Gasteiger partial charge in [-0.05, 0) is 43.2 Å². The van der Waals surface area contributed by atoms with Crippen molar-refractivity contribution in [3.63, 3.8) is 0 Å². The van der Waals surface area contributed by atoms with E-state index in [-0.39, 0.29) is 4.90 Å². The summed E-state index contributed by atoms with van der Waals surface area (Å²) >= 11 is 0. The van der Waals surface area contributed by atoms with Gasteiger partial charge >= 0.3 is 0 Å². The second kappa shape index (κ2) is 5.87. The fourth-order valence-electron chi connectivity index (χ4n) is 2.00. The molecule has 0 unspecified atom stereocenters. The van der Waals surface area contributed by atoms with E-state index >= 15 is 0 Å². The Morgan fingerprint density at radius 2 is 2.05 bits per heavy atom. The lowest BCUT2D eigenvalue weighted by molar-refractivity contribution is 0.581. The van der Waals surface area contributed by atoms with Gasteiger partial charge in [-0.3, -0.25) is 4.68 Å². The van der Waals surface area contributed by atoms with Crippen molar-refractivity contribution in [2.75, 3.05) is 12.3 Å². The van der Waals surface area contributed by atoms with Gasteiger partial charge in [0.25, 0.3) is 0 Å². The zero-order valence-corrected chi connectivity index (χ0v) is 13.2. The van der Waals surface area contributed by atoms with Crippen molar-refractivity contribution in [1.29, 1.82) is 0 Å². The van der Waals surface area contributed by atoms with Gasteiger partial charge in [0.1, 0.15) is 0 Å². The first kappa shape index (κ1) is 15.5. The molecule has 2 aromatic rings. The van der Waals surface area contributed by atoms with Crippen LogP contribution in [0, 0.1) is 13.8 Å². The number of nitrogens with zero attached hydrogens (tertiary/aromatic N) is 2. The van der Waals surface area contributed by atoms with Crippen LogP contribution in [-0.2, 0) is 23.5 Å². The predicted molar refractivity (Wildman–Crippen MR) is 82.4 cm³/mol. The third-order valence-electron chi connectivity index (χ3n) is 3.43. The van der Waals surface area contributed by atoms with Crippen LogP contribution < -0.4 is 10.5 Å². The Labute approximate surface area is 125 Å². The summed E-state index contributed by atoms with van der Waals surface area (Å²) in [6.07, 6.45) is 2.37. The number of sulfonamides is 1. The molecule has 0 radical (unpaired) electrons. The average Bonchev–Trinajstić information content (AvgIpc) is 2.81. The summed E-state index contributed by atoms with van der Waals surface area (Å²) in [6, 6.07) is 4.99. The molecule has 0 fully saturated rings. The molecule has 1 aromatic carbocycles. The summed E-state index contributed by atoms with van der Waals surface area (Å²) in [4.78, 5) is 0.198. The number of anilines is 1. The Bertz CT molecular complexity index is 727. The number of nitrogens with two attached hydrogens (primary N) is 1. The molecule has 0 bridgehead atoms. The van der Waals surface area contributed by atoms with E-state index in [1.54, 1.807) is 10.7 Å². The topological polar surface area (TPSA) is 90.0 Å². The van der Waals surface area contributed by atoms with Gasteiger partial charge in [-0.15, -0.1) is 0 Å². The highest BCUT2D eigenvalue weighted by Crippen LogP contribution is 2.21. The number of aryl methyl sites for hydroxylation is 2. The molecule has 1 heterocycles. The van der Waals surface area contributed by atoms with E-state index in [9.17, 15) is 8.42 Å². The minimum Gasteiger partial charge on any atom is -0.398 e. The van der Waals surface area contributed by atoms with Crippen molar-refractivity contribution < 1.29 is 8.42 Å². The largest absolute Gasteiger partial charge is 0.398 e. The molecule has 0 atom stereocenters. The summed E-state index contributed by atoms with van der Waals surface area (Å²) in [5.74, 6) is 0. The molecule has 0 saturated heterocycles. The van der Waals surface area contributed by atoms with Gasteiger partial charge in [0, 0.05) is 31.9 Å². The van der Waals surface area contributed by atoms with E-state index < -0.39 is 10.0 Å². The maximum Gasteiger partial charge on any atom is 0.240 e. The predicted octanol–water partition coefficient (Wildman–Crippen LogP) is 1.14. The molecule has 21 heavy (non-hydrogen) atoms. The normalized spacial score (nSPS) is 11.8. The van der Waals surface area contributed by atoms with Gasteiger partial charge in [0.2, 0.25) is 10.0 Å². The molecule has 0 aliphatic heterocycles. The highest BCUT2D eigenvalue weighted by Gasteiger charge is 2.16. The quantitative estimate of drug-likeness (QED) is 0.811. The second-order valence-electron chi connectivity index (χ2n) is 5.08. The monoisotopic (exact) mass is 308 g/mol. The van der Waals surface area contributed by atoms with Crippen LogP contribution in [0.25, 0.3) is 0 Å². The van der Waals surface area contributed by atoms with E-state index in [1.807, 2.05) is 33.2 Å². The van der Waals surface area contributed by atoms with Crippen LogP contribution in [0.4, 0.5) is 5.69 Å². The lowest BCUT2D eigenvalue weighted by Gasteiger charge is -2.10. The molecule has 3 N–H and O–H groups in total. The van der Waals surface area contributed by atoms with E-state index in [2.05, 4.69) is 9.82 Å². The zero-order chi connectivity index (χ0) is 15.6. The second-order valence-corrected chi connectivity index (χ2v) is 6.85. The Hall–Kier alpha value is -1.86. The van der Waals surface area contributed by atoms with Gasteiger partial charge in [0.15, 0.2) is 0 Å². The molecule has 0 aliphatic carbocycles. The number of rotatable bonds is 5. The molecular weight excluding hydrogens is 288 g/mol. The Kier molecular flexibility index (Phi) is 4.34. The van der Waals surface area contributed by atoms with Crippen molar-refractivity contribution in [3.8, 4) is 0 Å². The first-order chi connectivity index (χ1) is 9.79. The fraction of sp³-hybridized carbons (Fsp3) is 0.357. The van der Waals surface area contributed by atoms with Crippen LogP contribution in [0.2, 0.25) is 0 Å². The average molecular weight is 308 g/mol. The number of aromatic nitrogens is 2. The van der Waals surface area contributed by atoms with Gasteiger partial charge in [0.05, 0.1) is 10.6 Å². The minimum absolute atomic E-state index is 0.198. The van der Waals surface area contributed by atoms with Crippen LogP contribution in [-0.4, -0.2) is 24.7 Å². The van der Waals surface area contributed by atoms with Gasteiger partial charge < -0.3 is 5.73 Å². The van der Waals surface area contributed by atoms with Crippen molar-refractivity contribution in [2.24, 2.45) is 7.05 Å². The lowest BCUT2D eigenvalue weighted by Crippen LogP contribution is -2.26. The molecule has 0 saturated carbocycles. The number of hydrogen-bond acceptors (Lipinski definition) is 4. The smallest absolute Gasteiger partial charge is 0.240 e. The van der Waals surface area contributed by atoms with Crippen molar-refractivity contribution in [2.45, 2.75) is 25.2 Å². The SMILES string of the molecule is Cc1cc(S(=O)(=O)NCCc2ccn(C)n2)cc(N)c1C. The molecule has 1 aromatic heterocycles. The van der Waals surface area contributed by atoms with Crippen LogP contribution in [0.5, 0.6) is 0 Å². The maximum atomic E-state index is 12.3. The number of nitrogen functional groups attached to an aromatic ring is 1. The fourth-order valence-corrected chi connectivity index (χ4v) is 3.15. The summed E-state index contributed by atoms with van der Waals surface area (Å²) < 4.78 is 28.8. The van der Waals surface area contributed by atoms with Crippen molar-refractivity contribution >= 4 is 15.7 Å². The molecular formula is C14H20N4O2S. The van der Waals surface area contributed by atoms with E-state index in [0.717, 1.165) is 16.8 Å². The first-order valence-corrected chi connectivity index (χ1v) is 8.13.